The topological polar surface area (TPSA) is 81.4 Å². The van der Waals surface area contributed by atoms with E-state index in [1.165, 1.54) is 24.3 Å². The normalized spacial score (nSPS) is 11.5. The van der Waals surface area contributed by atoms with Crippen LogP contribution < -0.4 is 15.8 Å². The van der Waals surface area contributed by atoms with Gasteiger partial charge >= 0.3 is 0 Å². The lowest BCUT2D eigenvalue weighted by molar-refractivity contribution is -0.119. The highest BCUT2D eigenvalue weighted by atomic mass is 19.1. The van der Waals surface area contributed by atoms with Gasteiger partial charge in [-0.2, -0.15) is 0 Å². The predicted octanol–water partition coefficient (Wildman–Crippen LogP) is 3.23. The molecular weight excluding hydrogens is 371 g/mol. The Labute approximate surface area is 168 Å². The lowest BCUT2D eigenvalue weighted by atomic mass is 10.0. The first-order valence-electron chi connectivity index (χ1n) is 9.12. The molecule has 0 heterocycles. The van der Waals surface area contributed by atoms with Gasteiger partial charge in [0.1, 0.15) is 24.2 Å². The third-order valence-electron chi connectivity index (χ3n) is 4.37. The zero-order chi connectivity index (χ0) is 20.6. The van der Waals surface area contributed by atoms with Crippen LogP contribution in [0.3, 0.4) is 0 Å². The number of carbonyl (C=O) groups is 2. The van der Waals surface area contributed by atoms with Crippen molar-refractivity contribution in [3.05, 3.63) is 101 Å². The highest BCUT2D eigenvalue weighted by molar-refractivity contribution is 5.97. The van der Waals surface area contributed by atoms with E-state index in [4.69, 9.17) is 10.5 Å². The van der Waals surface area contributed by atoms with Crippen molar-refractivity contribution < 1.29 is 18.7 Å². The van der Waals surface area contributed by atoms with Gasteiger partial charge in [0, 0.05) is 12.0 Å². The molecule has 0 aliphatic rings. The molecule has 0 spiro atoms. The van der Waals surface area contributed by atoms with E-state index in [0.717, 1.165) is 11.1 Å². The van der Waals surface area contributed by atoms with Crippen molar-refractivity contribution in [3.63, 3.8) is 0 Å². The van der Waals surface area contributed by atoms with Crippen LogP contribution in [0, 0.1) is 5.82 Å². The number of nitrogens with two attached hydrogens (primary N) is 1. The summed E-state index contributed by atoms with van der Waals surface area (Å²) in [5.74, 6) is -0.882. The molecular formula is C23H21FN2O3. The second kappa shape index (κ2) is 9.50. The second-order valence-electron chi connectivity index (χ2n) is 6.56. The van der Waals surface area contributed by atoms with Gasteiger partial charge in [0.25, 0.3) is 5.91 Å². The van der Waals surface area contributed by atoms with Crippen LogP contribution in [0.1, 0.15) is 21.5 Å². The molecule has 0 aliphatic heterocycles. The quantitative estimate of drug-likeness (QED) is 0.618. The average Bonchev–Trinajstić information content (AvgIpc) is 2.74. The molecule has 0 saturated heterocycles. The van der Waals surface area contributed by atoms with Gasteiger partial charge in [-0.05, 0) is 47.5 Å². The molecule has 148 valence electrons. The maximum absolute atomic E-state index is 13.0. The van der Waals surface area contributed by atoms with Gasteiger partial charge in [-0.1, -0.05) is 42.5 Å². The van der Waals surface area contributed by atoms with Crippen LogP contribution in [0.25, 0.3) is 0 Å². The SMILES string of the molecule is NC(=O)[C@H](Cc1ccc(OCc2ccccc2)cc1)NC(=O)c1ccc(F)cc1. The number of benzene rings is 3. The molecule has 0 unspecified atom stereocenters. The molecule has 0 fully saturated rings. The van der Waals surface area contributed by atoms with E-state index in [9.17, 15) is 14.0 Å². The average molecular weight is 392 g/mol. The Bertz CT molecular complexity index is 958. The summed E-state index contributed by atoms with van der Waals surface area (Å²) in [6, 6.07) is 21.2. The largest absolute Gasteiger partial charge is 0.489 e. The number of ether oxygens (including phenoxy) is 1. The number of halogens is 1. The predicted molar refractivity (Wildman–Crippen MR) is 108 cm³/mol. The van der Waals surface area contributed by atoms with Crippen LogP contribution in [0.2, 0.25) is 0 Å². The molecule has 2 amide bonds. The van der Waals surface area contributed by atoms with Gasteiger partial charge in [0.15, 0.2) is 0 Å². The number of hydrogen-bond donors (Lipinski definition) is 2. The maximum Gasteiger partial charge on any atom is 0.251 e. The summed E-state index contributed by atoms with van der Waals surface area (Å²) < 4.78 is 18.7. The van der Waals surface area contributed by atoms with Crippen molar-refractivity contribution >= 4 is 11.8 Å². The Balaban J connectivity index is 1.59. The van der Waals surface area contributed by atoms with Crippen molar-refractivity contribution in [2.75, 3.05) is 0 Å². The van der Waals surface area contributed by atoms with Gasteiger partial charge in [0.05, 0.1) is 0 Å². The van der Waals surface area contributed by atoms with Gasteiger partial charge in [-0.3, -0.25) is 9.59 Å². The van der Waals surface area contributed by atoms with E-state index in [1.54, 1.807) is 12.1 Å². The molecule has 6 heteroatoms. The molecule has 1 atom stereocenters. The zero-order valence-corrected chi connectivity index (χ0v) is 15.7. The third kappa shape index (κ3) is 5.90. The number of nitrogens with one attached hydrogen (secondary N) is 1. The number of rotatable bonds is 8. The van der Waals surface area contributed by atoms with Crippen molar-refractivity contribution in [2.45, 2.75) is 19.1 Å². The summed E-state index contributed by atoms with van der Waals surface area (Å²) in [6.45, 7) is 0.456. The smallest absolute Gasteiger partial charge is 0.251 e. The van der Waals surface area contributed by atoms with E-state index >= 15 is 0 Å². The van der Waals surface area contributed by atoms with E-state index < -0.39 is 23.7 Å². The first-order chi connectivity index (χ1) is 14.0. The van der Waals surface area contributed by atoms with E-state index in [1.807, 2.05) is 42.5 Å². The summed E-state index contributed by atoms with van der Waals surface area (Å²) >= 11 is 0. The minimum atomic E-state index is -0.886. The summed E-state index contributed by atoms with van der Waals surface area (Å²) in [5.41, 5.74) is 7.57. The van der Waals surface area contributed by atoms with Crippen molar-refractivity contribution in [2.24, 2.45) is 5.73 Å². The van der Waals surface area contributed by atoms with Gasteiger partial charge < -0.3 is 15.8 Å². The highest BCUT2D eigenvalue weighted by Crippen LogP contribution is 2.15. The molecule has 0 radical (unpaired) electrons. The Hall–Kier alpha value is -3.67. The summed E-state index contributed by atoms with van der Waals surface area (Å²) in [4.78, 5) is 24.0. The van der Waals surface area contributed by atoms with E-state index in [2.05, 4.69) is 5.32 Å². The first-order valence-corrected chi connectivity index (χ1v) is 9.12. The van der Waals surface area contributed by atoms with Crippen LogP contribution in [0.4, 0.5) is 4.39 Å². The molecule has 0 saturated carbocycles. The van der Waals surface area contributed by atoms with Crippen LogP contribution in [-0.2, 0) is 17.8 Å². The molecule has 0 bridgehead atoms. The first kappa shape index (κ1) is 20.1. The zero-order valence-electron chi connectivity index (χ0n) is 15.7. The molecule has 29 heavy (non-hydrogen) atoms. The van der Waals surface area contributed by atoms with Crippen molar-refractivity contribution in [3.8, 4) is 5.75 Å². The molecule has 5 nitrogen and oxygen atoms in total. The standard InChI is InChI=1S/C23H21FN2O3/c24-19-10-8-18(9-11-19)23(28)26-21(22(25)27)14-16-6-12-20(13-7-16)29-15-17-4-2-1-3-5-17/h1-13,21H,14-15H2,(H2,25,27)(H,26,28)/t21-/m0/s1. The van der Waals surface area contributed by atoms with Crippen LogP contribution >= 0.6 is 0 Å². The highest BCUT2D eigenvalue weighted by Gasteiger charge is 2.19. The van der Waals surface area contributed by atoms with Crippen LogP contribution in [-0.4, -0.2) is 17.9 Å². The van der Waals surface area contributed by atoms with Crippen molar-refractivity contribution in [1.82, 2.24) is 5.32 Å². The van der Waals surface area contributed by atoms with Crippen molar-refractivity contribution in [1.29, 1.82) is 0 Å². The second-order valence-corrected chi connectivity index (χ2v) is 6.56. The lowest BCUT2D eigenvalue weighted by Crippen LogP contribution is -2.45. The number of carbonyl (C=O) groups excluding carboxylic acids is 2. The molecule has 0 aromatic heterocycles. The fourth-order valence-corrected chi connectivity index (χ4v) is 2.76. The monoisotopic (exact) mass is 392 g/mol. The van der Waals surface area contributed by atoms with Crippen LogP contribution in [0.5, 0.6) is 5.75 Å². The fraction of sp³-hybridized carbons (Fsp3) is 0.130. The fourth-order valence-electron chi connectivity index (χ4n) is 2.76. The summed E-state index contributed by atoms with van der Waals surface area (Å²) in [5, 5.41) is 2.59. The van der Waals surface area contributed by atoms with E-state index in [0.29, 0.717) is 12.4 Å². The Morgan fingerprint density at radius 2 is 1.55 bits per heavy atom. The third-order valence-corrected chi connectivity index (χ3v) is 4.37. The van der Waals surface area contributed by atoms with E-state index in [-0.39, 0.29) is 12.0 Å². The molecule has 3 N–H and O–H groups in total. The maximum atomic E-state index is 13.0. The summed E-state index contributed by atoms with van der Waals surface area (Å²) in [7, 11) is 0. The lowest BCUT2D eigenvalue weighted by Gasteiger charge is -2.16. The molecule has 3 aromatic carbocycles. The van der Waals surface area contributed by atoms with Gasteiger partial charge in [-0.15, -0.1) is 0 Å². The van der Waals surface area contributed by atoms with Gasteiger partial charge in [0.2, 0.25) is 5.91 Å². The minimum Gasteiger partial charge on any atom is -0.489 e. The molecule has 3 rings (SSSR count). The minimum absolute atomic E-state index is 0.237. The Morgan fingerprint density at radius 1 is 0.897 bits per heavy atom. The number of amides is 2. The molecule has 0 aliphatic carbocycles. The van der Waals surface area contributed by atoms with Crippen LogP contribution in [0.15, 0.2) is 78.9 Å². The number of primary amides is 1. The Morgan fingerprint density at radius 3 is 2.17 bits per heavy atom. The molecule has 3 aromatic rings. The van der Waals surface area contributed by atoms with Gasteiger partial charge in [-0.25, -0.2) is 4.39 Å². The summed E-state index contributed by atoms with van der Waals surface area (Å²) in [6.07, 6.45) is 0.237. The Kier molecular flexibility index (Phi) is 6.58. The number of hydrogen-bond acceptors (Lipinski definition) is 3.